The normalized spacial score (nSPS) is 10.8. The first kappa shape index (κ1) is 22.5. The number of esters is 1. The third kappa shape index (κ3) is 6.13. The molecule has 0 aliphatic carbocycles. The molecule has 0 saturated heterocycles. The van der Waals surface area contributed by atoms with E-state index in [-0.39, 0.29) is 34.1 Å². The predicted molar refractivity (Wildman–Crippen MR) is 108 cm³/mol. The molecule has 0 aromatic heterocycles. The highest BCUT2D eigenvalue weighted by Crippen LogP contribution is 2.24. The number of nitro groups is 1. The van der Waals surface area contributed by atoms with Gasteiger partial charge in [-0.2, -0.15) is 5.26 Å². The molecule has 0 atom stereocenters. The van der Waals surface area contributed by atoms with E-state index in [1.165, 1.54) is 49.6 Å². The second kappa shape index (κ2) is 10.7. The zero-order valence-electron chi connectivity index (χ0n) is 15.8. The maximum Gasteiger partial charge on any atom is 0.345 e. The van der Waals surface area contributed by atoms with E-state index in [1.807, 2.05) is 6.07 Å². The number of carbonyl (C=O) groups is 2. The quantitative estimate of drug-likeness (QED) is 0.130. The van der Waals surface area contributed by atoms with Crippen LogP contribution in [0.2, 0.25) is 5.02 Å². The Morgan fingerprint density at radius 2 is 1.97 bits per heavy atom. The molecule has 0 radical (unpaired) electrons. The maximum absolute atomic E-state index is 12.3. The van der Waals surface area contributed by atoms with E-state index in [0.717, 1.165) is 6.07 Å². The molecule has 0 heterocycles. The van der Waals surface area contributed by atoms with Crippen molar-refractivity contribution >= 4 is 35.2 Å². The third-order valence-electron chi connectivity index (χ3n) is 3.74. The molecule has 0 saturated carbocycles. The van der Waals surface area contributed by atoms with Gasteiger partial charge in [-0.25, -0.2) is 4.79 Å². The number of benzene rings is 2. The molecule has 2 rings (SSSR count). The number of carbonyl (C=O) groups excluding carboxylic acids is 2. The molecule has 0 bridgehead atoms. The van der Waals surface area contributed by atoms with Gasteiger partial charge < -0.3 is 14.8 Å². The molecule has 154 valence electrons. The van der Waals surface area contributed by atoms with Crippen molar-refractivity contribution in [2.75, 3.05) is 20.3 Å². The van der Waals surface area contributed by atoms with Gasteiger partial charge in [0.15, 0.2) is 0 Å². The fourth-order valence-electron chi connectivity index (χ4n) is 2.25. The molecule has 2 aromatic carbocycles. The zero-order valence-corrected chi connectivity index (χ0v) is 16.5. The lowest BCUT2D eigenvalue weighted by Gasteiger charge is -2.06. The van der Waals surface area contributed by atoms with Crippen molar-refractivity contribution in [2.24, 2.45) is 0 Å². The number of methoxy groups -OCH3 is 1. The molecule has 0 spiro atoms. The zero-order chi connectivity index (χ0) is 22.1. The third-order valence-corrected chi connectivity index (χ3v) is 4.07. The van der Waals surface area contributed by atoms with Crippen molar-refractivity contribution in [3.8, 4) is 11.8 Å². The lowest BCUT2D eigenvalue weighted by Crippen LogP contribution is -2.27. The van der Waals surface area contributed by atoms with Crippen LogP contribution in [0.5, 0.6) is 5.75 Å². The van der Waals surface area contributed by atoms with Gasteiger partial charge in [0.05, 0.1) is 22.1 Å². The highest BCUT2D eigenvalue weighted by molar-refractivity contribution is 6.33. The van der Waals surface area contributed by atoms with Crippen LogP contribution in [-0.4, -0.2) is 37.1 Å². The highest BCUT2D eigenvalue weighted by Gasteiger charge is 2.18. The number of amides is 1. The molecule has 10 heteroatoms. The first-order chi connectivity index (χ1) is 14.3. The second-order valence-corrected chi connectivity index (χ2v) is 6.21. The van der Waals surface area contributed by atoms with Crippen molar-refractivity contribution in [1.82, 2.24) is 5.32 Å². The van der Waals surface area contributed by atoms with E-state index in [1.54, 1.807) is 0 Å². The lowest BCUT2D eigenvalue weighted by molar-refractivity contribution is -0.384. The Hall–Kier alpha value is -3.74. The molecule has 0 fully saturated rings. The maximum atomic E-state index is 12.3. The standard InChI is InChI=1S/C20H16ClN3O6/c1-29-9-8-23-19(25)14(12-22)10-13-2-5-16(6-3-13)30-20(26)17-11-15(24(27)28)4-7-18(17)21/h2-7,10-11H,8-9H2,1H3,(H,23,25)/b14-10+. The van der Waals surface area contributed by atoms with Crippen LogP contribution < -0.4 is 10.1 Å². The van der Waals surface area contributed by atoms with Crippen LogP contribution in [0.4, 0.5) is 5.69 Å². The number of hydrogen-bond donors (Lipinski definition) is 1. The number of halogens is 1. The molecule has 2 aromatic rings. The summed E-state index contributed by atoms with van der Waals surface area (Å²) in [5.41, 5.74) is -0.00479. The summed E-state index contributed by atoms with van der Waals surface area (Å²) in [5, 5.41) is 22.6. The summed E-state index contributed by atoms with van der Waals surface area (Å²) >= 11 is 5.93. The van der Waals surface area contributed by atoms with Crippen LogP contribution in [0.3, 0.4) is 0 Å². The van der Waals surface area contributed by atoms with Crippen LogP contribution in [0.15, 0.2) is 48.0 Å². The Morgan fingerprint density at radius 3 is 2.57 bits per heavy atom. The molecule has 30 heavy (non-hydrogen) atoms. The van der Waals surface area contributed by atoms with Gasteiger partial charge in [-0.15, -0.1) is 0 Å². The summed E-state index contributed by atoms with van der Waals surface area (Å²) in [7, 11) is 1.49. The van der Waals surface area contributed by atoms with Gasteiger partial charge in [0.2, 0.25) is 0 Å². The predicted octanol–water partition coefficient (Wildman–Crippen LogP) is 3.14. The smallest absolute Gasteiger partial charge is 0.345 e. The molecule has 1 N–H and O–H groups in total. The Bertz CT molecular complexity index is 1030. The van der Waals surface area contributed by atoms with E-state index in [4.69, 9.17) is 26.3 Å². The second-order valence-electron chi connectivity index (χ2n) is 5.80. The Kier molecular flexibility index (Phi) is 8.05. The number of rotatable bonds is 8. The first-order valence-electron chi connectivity index (χ1n) is 8.51. The summed E-state index contributed by atoms with van der Waals surface area (Å²) in [6.45, 7) is 0.586. The van der Waals surface area contributed by atoms with Gasteiger partial charge in [0.25, 0.3) is 11.6 Å². The highest BCUT2D eigenvalue weighted by atomic mass is 35.5. The first-order valence-corrected chi connectivity index (χ1v) is 8.88. The van der Waals surface area contributed by atoms with Crippen molar-refractivity contribution in [1.29, 1.82) is 5.26 Å². The van der Waals surface area contributed by atoms with Crippen LogP contribution in [-0.2, 0) is 9.53 Å². The van der Waals surface area contributed by atoms with Crippen LogP contribution >= 0.6 is 11.6 Å². The number of non-ortho nitro benzene ring substituents is 1. The monoisotopic (exact) mass is 429 g/mol. The summed E-state index contributed by atoms with van der Waals surface area (Å²) in [6, 6.07) is 11.3. The summed E-state index contributed by atoms with van der Waals surface area (Å²) in [5.74, 6) is -1.24. The van der Waals surface area contributed by atoms with Crippen molar-refractivity contribution in [2.45, 2.75) is 0 Å². The fourth-order valence-corrected chi connectivity index (χ4v) is 2.45. The van der Waals surface area contributed by atoms with Crippen LogP contribution in [0.1, 0.15) is 15.9 Å². The van der Waals surface area contributed by atoms with Gasteiger partial charge in [0, 0.05) is 25.8 Å². The van der Waals surface area contributed by atoms with Gasteiger partial charge in [-0.05, 0) is 29.8 Å². The average Bonchev–Trinajstić information content (AvgIpc) is 2.73. The minimum atomic E-state index is -0.859. The molecule has 0 aliphatic heterocycles. The minimum Gasteiger partial charge on any atom is -0.423 e. The Balaban J connectivity index is 2.11. The number of nitro benzene ring substituents is 1. The molecule has 1 amide bonds. The SMILES string of the molecule is COCCNC(=O)/C(C#N)=C/c1ccc(OC(=O)c2cc([N+](=O)[O-])ccc2Cl)cc1. The van der Waals surface area contributed by atoms with Gasteiger partial charge >= 0.3 is 5.97 Å². The van der Waals surface area contributed by atoms with E-state index in [2.05, 4.69) is 5.32 Å². The van der Waals surface area contributed by atoms with Crippen molar-refractivity contribution < 1.29 is 24.0 Å². The summed E-state index contributed by atoms with van der Waals surface area (Å²) in [6.07, 6.45) is 1.38. The number of nitrogens with one attached hydrogen (secondary N) is 1. The van der Waals surface area contributed by atoms with E-state index < -0.39 is 16.8 Å². The fraction of sp³-hybridized carbons (Fsp3) is 0.150. The molecular weight excluding hydrogens is 414 g/mol. The number of nitrogens with zero attached hydrogens (tertiary/aromatic N) is 2. The van der Waals surface area contributed by atoms with Crippen molar-refractivity contribution in [3.63, 3.8) is 0 Å². The van der Waals surface area contributed by atoms with E-state index in [9.17, 15) is 19.7 Å². The van der Waals surface area contributed by atoms with Gasteiger partial charge in [0.1, 0.15) is 17.4 Å². The van der Waals surface area contributed by atoms with E-state index in [0.29, 0.717) is 12.2 Å². The average molecular weight is 430 g/mol. The van der Waals surface area contributed by atoms with Gasteiger partial charge in [-0.3, -0.25) is 14.9 Å². The topological polar surface area (TPSA) is 132 Å². The van der Waals surface area contributed by atoms with Gasteiger partial charge in [-0.1, -0.05) is 23.7 Å². The summed E-state index contributed by atoms with van der Waals surface area (Å²) < 4.78 is 10.0. The van der Waals surface area contributed by atoms with Crippen LogP contribution in [0, 0.1) is 21.4 Å². The molecule has 0 aliphatic rings. The largest absolute Gasteiger partial charge is 0.423 e. The number of nitriles is 1. The van der Waals surface area contributed by atoms with Crippen LogP contribution in [0.25, 0.3) is 6.08 Å². The lowest BCUT2D eigenvalue weighted by atomic mass is 10.1. The van der Waals surface area contributed by atoms with E-state index >= 15 is 0 Å². The molecular formula is C20H16ClN3O6. The molecule has 9 nitrogen and oxygen atoms in total. The number of ether oxygens (including phenoxy) is 2. The Labute approximate surface area is 176 Å². The molecule has 0 unspecified atom stereocenters. The minimum absolute atomic E-state index is 0.0169. The Morgan fingerprint density at radius 1 is 1.27 bits per heavy atom. The number of hydrogen-bond acceptors (Lipinski definition) is 7. The summed E-state index contributed by atoms with van der Waals surface area (Å²) in [4.78, 5) is 34.4. The van der Waals surface area contributed by atoms with Crippen molar-refractivity contribution in [3.05, 3.63) is 74.3 Å².